The van der Waals surface area contributed by atoms with E-state index in [1.807, 2.05) is 0 Å². The van der Waals surface area contributed by atoms with Crippen molar-refractivity contribution >= 4 is 12.0 Å². The second-order valence-corrected chi connectivity index (χ2v) is 5.32. The highest BCUT2D eigenvalue weighted by Crippen LogP contribution is 2.18. The number of rotatable bonds is 4. The molecule has 1 unspecified atom stereocenters. The lowest BCUT2D eigenvalue weighted by Crippen LogP contribution is -2.41. The third-order valence-electron chi connectivity index (χ3n) is 3.73. The standard InChI is InChI=1S/C15H21N3O4/c1-22-15(21)17-8-13-7-12(4-5-16-13)14(20)18-6-2-3-11(9-18)10-19/h4-5,7,11,19H,2-3,6,8-10H2,1H3,(H,17,21). The van der Waals surface area contributed by atoms with Gasteiger partial charge in [0.25, 0.3) is 5.91 Å². The van der Waals surface area contributed by atoms with Gasteiger partial charge in [-0.05, 0) is 30.9 Å². The van der Waals surface area contributed by atoms with Gasteiger partial charge in [-0.1, -0.05) is 0 Å². The minimum atomic E-state index is -0.541. The molecule has 0 aromatic carbocycles. The first-order valence-electron chi connectivity index (χ1n) is 7.31. The van der Waals surface area contributed by atoms with Crippen molar-refractivity contribution in [1.29, 1.82) is 0 Å². The van der Waals surface area contributed by atoms with Gasteiger partial charge < -0.3 is 20.1 Å². The molecule has 0 spiro atoms. The van der Waals surface area contributed by atoms with Crippen LogP contribution in [-0.2, 0) is 11.3 Å². The van der Waals surface area contributed by atoms with Crippen LogP contribution in [0.1, 0.15) is 28.9 Å². The van der Waals surface area contributed by atoms with E-state index in [0.717, 1.165) is 12.8 Å². The van der Waals surface area contributed by atoms with Crippen LogP contribution in [0, 0.1) is 5.92 Å². The molecule has 2 N–H and O–H groups in total. The fourth-order valence-corrected chi connectivity index (χ4v) is 2.52. The molecule has 1 aromatic rings. The Morgan fingerprint density at radius 2 is 2.36 bits per heavy atom. The number of piperidine rings is 1. The molecular weight excluding hydrogens is 286 g/mol. The van der Waals surface area contributed by atoms with Gasteiger partial charge in [-0.2, -0.15) is 0 Å². The number of nitrogens with zero attached hydrogens (tertiary/aromatic N) is 2. The molecular formula is C15H21N3O4. The Morgan fingerprint density at radius 3 is 3.09 bits per heavy atom. The van der Waals surface area contributed by atoms with Crippen LogP contribution in [0.25, 0.3) is 0 Å². The summed E-state index contributed by atoms with van der Waals surface area (Å²) in [5, 5.41) is 11.8. The summed E-state index contributed by atoms with van der Waals surface area (Å²) in [6.07, 6.45) is 2.86. The summed E-state index contributed by atoms with van der Waals surface area (Å²) in [5.41, 5.74) is 1.13. The van der Waals surface area contributed by atoms with Gasteiger partial charge in [0.2, 0.25) is 0 Å². The number of methoxy groups -OCH3 is 1. The fraction of sp³-hybridized carbons (Fsp3) is 0.533. The monoisotopic (exact) mass is 307 g/mol. The van der Waals surface area contributed by atoms with Crippen molar-refractivity contribution in [2.45, 2.75) is 19.4 Å². The molecule has 1 saturated heterocycles. The zero-order chi connectivity index (χ0) is 15.9. The number of pyridine rings is 1. The first-order valence-corrected chi connectivity index (χ1v) is 7.31. The molecule has 1 aromatic heterocycles. The topological polar surface area (TPSA) is 91.8 Å². The van der Waals surface area contributed by atoms with Crippen LogP contribution < -0.4 is 5.32 Å². The van der Waals surface area contributed by atoms with Crippen LogP contribution in [0.4, 0.5) is 4.79 Å². The zero-order valence-corrected chi connectivity index (χ0v) is 12.6. The van der Waals surface area contributed by atoms with Crippen LogP contribution in [-0.4, -0.2) is 53.8 Å². The number of carbonyl (C=O) groups is 2. The molecule has 0 aliphatic carbocycles. The van der Waals surface area contributed by atoms with Crippen LogP contribution in [0.15, 0.2) is 18.3 Å². The van der Waals surface area contributed by atoms with Crippen molar-refractivity contribution in [1.82, 2.24) is 15.2 Å². The van der Waals surface area contributed by atoms with Gasteiger partial charge >= 0.3 is 6.09 Å². The Labute approximate surface area is 129 Å². The Hall–Kier alpha value is -2.15. The molecule has 2 amide bonds. The summed E-state index contributed by atoms with van der Waals surface area (Å²) in [7, 11) is 1.29. The van der Waals surface area contributed by atoms with E-state index in [1.54, 1.807) is 23.2 Å². The normalized spacial score (nSPS) is 17.9. The molecule has 7 heteroatoms. The second kappa shape index (κ2) is 7.74. The van der Waals surface area contributed by atoms with Crippen molar-refractivity contribution in [3.05, 3.63) is 29.6 Å². The first kappa shape index (κ1) is 16.2. The summed E-state index contributed by atoms with van der Waals surface area (Å²) in [4.78, 5) is 29.5. The van der Waals surface area contributed by atoms with Crippen molar-refractivity contribution in [2.75, 3.05) is 26.8 Å². The molecule has 120 valence electrons. The number of aromatic nitrogens is 1. The van der Waals surface area contributed by atoms with Gasteiger partial charge in [0.15, 0.2) is 0 Å². The predicted molar refractivity (Wildman–Crippen MR) is 79.2 cm³/mol. The maximum Gasteiger partial charge on any atom is 0.407 e. The van der Waals surface area contributed by atoms with Gasteiger partial charge in [-0.15, -0.1) is 0 Å². The smallest absolute Gasteiger partial charge is 0.407 e. The predicted octanol–water partition coefficient (Wildman–Crippen LogP) is 0.782. The lowest BCUT2D eigenvalue weighted by atomic mass is 9.98. The lowest BCUT2D eigenvalue weighted by molar-refractivity contribution is 0.0620. The molecule has 0 saturated carbocycles. The van der Waals surface area contributed by atoms with E-state index >= 15 is 0 Å². The number of likely N-dealkylation sites (tertiary alicyclic amines) is 1. The van der Waals surface area contributed by atoms with Crippen molar-refractivity contribution < 1.29 is 19.4 Å². The molecule has 1 aliphatic rings. The molecule has 22 heavy (non-hydrogen) atoms. The van der Waals surface area contributed by atoms with E-state index in [2.05, 4.69) is 15.0 Å². The number of amides is 2. The minimum absolute atomic E-state index is 0.0696. The molecule has 1 atom stereocenters. The van der Waals surface area contributed by atoms with E-state index in [4.69, 9.17) is 0 Å². The minimum Gasteiger partial charge on any atom is -0.453 e. The van der Waals surface area contributed by atoms with Gasteiger partial charge in [-0.3, -0.25) is 9.78 Å². The van der Waals surface area contributed by atoms with E-state index in [9.17, 15) is 14.7 Å². The summed E-state index contributed by atoms with van der Waals surface area (Å²) in [6.45, 7) is 1.59. The average Bonchev–Trinajstić information content (AvgIpc) is 2.59. The number of aliphatic hydroxyl groups is 1. The SMILES string of the molecule is COC(=O)NCc1cc(C(=O)N2CCCC(CO)C2)ccn1. The third-order valence-corrected chi connectivity index (χ3v) is 3.73. The van der Waals surface area contributed by atoms with E-state index in [0.29, 0.717) is 24.3 Å². The Balaban J connectivity index is 2.01. The van der Waals surface area contributed by atoms with Gasteiger partial charge in [-0.25, -0.2) is 4.79 Å². The largest absolute Gasteiger partial charge is 0.453 e. The van der Waals surface area contributed by atoms with E-state index in [-0.39, 0.29) is 25.0 Å². The van der Waals surface area contributed by atoms with Gasteiger partial charge in [0, 0.05) is 31.5 Å². The molecule has 1 fully saturated rings. The Morgan fingerprint density at radius 1 is 1.55 bits per heavy atom. The molecule has 1 aliphatic heterocycles. The molecule has 2 rings (SSSR count). The molecule has 0 bridgehead atoms. The Kier molecular flexibility index (Phi) is 5.71. The number of carbonyl (C=O) groups excluding carboxylic acids is 2. The summed E-state index contributed by atoms with van der Waals surface area (Å²) in [6, 6.07) is 3.33. The maximum absolute atomic E-state index is 12.5. The van der Waals surface area contributed by atoms with Crippen molar-refractivity contribution in [2.24, 2.45) is 5.92 Å². The van der Waals surface area contributed by atoms with E-state index < -0.39 is 6.09 Å². The second-order valence-electron chi connectivity index (χ2n) is 5.32. The highest BCUT2D eigenvalue weighted by molar-refractivity contribution is 5.94. The third kappa shape index (κ3) is 4.17. The van der Waals surface area contributed by atoms with E-state index in [1.165, 1.54) is 7.11 Å². The number of ether oxygens (including phenoxy) is 1. The number of aliphatic hydroxyl groups excluding tert-OH is 1. The molecule has 2 heterocycles. The quantitative estimate of drug-likeness (QED) is 0.858. The van der Waals surface area contributed by atoms with Crippen molar-refractivity contribution in [3.63, 3.8) is 0 Å². The number of alkyl carbamates (subject to hydrolysis) is 1. The highest BCUT2D eigenvalue weighted by Gasteiger charge is 2.24. The fourth-order valence-electron chi connectivity index (χ4n) is 2.52. The molecule has 0 radical (unpaired) electrons. The Bertz CT molecular complexity index is 535. The first-order chi connectivity index (χ1) is 10.6. The van der Waals surface area contributed by atoms with Crippen molar-refractivity contribution in [3.8, 4) is 0 Å². The molecule has 7 nitrogen and oxygen atoms in total. The average molecular weight is 307 g/mol. The summed E-state index contributed by atoms with van der Waals surface area (Å²) >= 11 is 0. The van der Waals surface area contributed by atoms with Crippen LogP contribution in [0.3, 0.4) is 0 Å². The van der Waals surface area contributed by atoms with Gasteiger partial charge in [0.1, 0.15) is 0 Å². The summed E-state index contributed by atoms with van der Waals surface area (Å²) < 4.78 is 4.49. The number of hydrogen-bond donors (Lipinski definition) is 2. The summed E-state index contributed by atoms with van der Waals surface area (Å²) in [5.74, 6) is 0.0832. The van der Waals surface area contributed by atoms with Crippen LogP contribution >= 0.6 is 0 Å². The highest BCUT2D eigenvalue weighted by atomic mass is 16.5. The van der Waals surface area contributed by atoms with Crippen LogP contribution in [0.5, 0.6) is 0 Å². The lowest BCUT2D eigenvalue weighted by Gasteiger charge is -2.32. The van der Waals surface area contributed by atoms with Crippen LogP contribution in [0.2, 0.25) is 0 Å². The zero-order valence-electron chi connectivity index (χ0n) is 12.6. The number of nitrogens with one attached hydrogen (secondary N) is 1. The number of hydrogen-bond acceptors (Lipinski definition) is 5. The maximum atomic E-state index is 12.5. The van der Waals surface area contributed by atoms with Gasteiger partial charge in [0.05, 0.1) is 19.3 Å².